The number of rotatable bonds is 3. The van der Waals surface area contributed by atoms with E-state index < -0.39 is 9.84 Å². The van der Waals surface area contributed by atoms with Crippen LogP contribution >= 0.6 is 0 Å². The van der Waals surface area contributed by atoms with Gasteiger partial charge >= 0.3 is 0 Å². The molecule has 3 heterocycles. The summed E-state index contributed by atoms with van der Waals surface area (Å²) < 4.78 is 27.6. The van der Waals surface area contributed by atoms with Crippen molar-refractivity contribution in [1.82, 2.24) is 19.3 Å². The number of nitrogens with zero attached hydrogens (tertiary/aromatic N) is 4. The normalized spacial score (nSPS) is 19.1. The van der Waals surface area contributed by atoms with Crippen molar-refractivity contribution < 1.29 is 8.42 Å². The van der Waals surface area contributed by atoms with Crippen molar-refractivity contribution in [1.29, 1.82) is 0 Å². The molecule has 0 N–H and O–H groups in total. The molecule has 1 atom stereocenters. The van der Waals surface area contributed by atoms with Gasteiger partial charge in [0, 0.05) is 18.0 Å². The first kappa shape index (κ1) is 17.0. The molecule has 0 saturated carbocycles. The first-order chi connectivity index (χ1) is 12.4. The minimum atomic E-state index is -2.95. The molecule has 4 rings (SSSR count). The second-order valence-electron chi connectivity index (χ2n) is 7.01. The van der Waals surface area contributed by atoms with Gasteiger partial charge in [0.1, 0.15) is 5.82 Å². The average Bonchev–Trinajstić information content (AvgIpc) is 3.26. The highest BCUT2D eigenvalue weighted by atomic mass is 32.2. The van der Waals surface area contributed by atoms with Crippen molar-refractivity contribution in [3.63, 3.8) is 0 Å². The molecule has 0 amide bonds. The van der Waals surface area contributed by atoms with Crippen molar-refractivity contribution in [2.75, 3.05) is 11.5 Å². The second-order valence-corrected chi connectivity index (χ2v) is 9.24. The largest absolute Gasteiger partial charge is 0.296 e. The summed E-state index contributed by atoms with van der Waals surface area (Å²) >= 11 is 0. The van der Waals surface area contributed by atoms with Gasteiger partial charge in [-0.15, -0.1) is 0 Å². The number of imidazole rings is 1. The fourth-order valence-corrected chi connectivity index (χ4v) is 5.42. The Hall–Kier alpha value is -2.41. The molecule has 3 aromatic rings. The van der Waals surface area contributed by atoms with Crippen LogP contribution in [0.15, 0.2) is 36.7 Å². The number of benzene rings is 1. The molecule has 7 heteroatoms. The van der Waals surface area contributed by atoms with Crippen molar-refractivity contribution in [3.8, 4) is 17.1 Å². The van der Waals surface area contributed by atoms with Crippen LogP contribution in [0.25, 0.3) is 17.1 Å². The Labute approximate surface area is 153 Å². The van der Waals surface area contributed by atoms with Crippen LogP contribution in [-0.2, 0) is 9.84 Å². The lowest BCUT2D eigenvalue weighted by Gasteiger charge is -2.13. The van der Waals surface area contributed by atoms with E-state index in [1.54, 1.807) is 6.20 Å². The van der Waals surface area contributed by atoms with Crippen molar-refractivity contribution >= 4 is 9.84 Å². The summed E-state index contributed by atoms with van der Waals surface area (Å²) in [5.41, 5.74) is 5.06. The molecular formula is C19H22N4O2S. The minimum Gasteiger partial charge on any atom is -0.296 e. The van der Waals surface area contributed by atoms with E-state index in [1.807, 2.05) is 29.3 Å². The Balaban J connectivity index is 1.79. The summed E-state index contributed by atoms with van der Waals surface area (Å²) in [5.74, 6) is 1.27. The monoisotopic (exact) mass is 370 g/mol. The minimum absolute atomic E-state index is 0.0844. The Morgan fingerprint density at radius 3 is 2.50 bits per heavy atom. The van der Waals surface area contributed by atoms with Crippen LogP contribution in [0.3, 0.4) is 0 Å². The molecule has 1 aliphatic heterocycles. The van der Waals surface area contributed by atoms with E-state index >= 15 is 0 Å². The lowest BCUT2D eigenvalue weighted by atomic mass is 10.1. The molecule has 1 aliphatic rings. The summed E-state index contributed by atoms with van der Waals surface area (Å²) in [6, 6.07) is 8.18. The van der Waals surface area contributed by atoms with Crippen molar-refractivity contribution in [2.24, 2.45) is 0 Å². The van der Waals surface area contributed by atoms with Gasteiger partial charge in [0.2, 0.25) is 0 Å². The number of hydrogen-bond donors (Lipinski definition) is 0. The molecular weight excluding hydrogens is 348 g/mol. The molecule has 0 aliphatic carbocycles. The van der Waals surface area contributed by atoms with Crippen molar-refractivity contribution in [3.05, 3.63) is 53.6 Å². The summed E-state index contributed by atoms with van der Waals surface area (Å²) in [5, 5.41) is 4.67. The summed E-state index contributed by atoms with van der Waals surface area (Å²) in [4.78, 5) is 4.53. The van der Waals surface area contributed by atoms with Gasteiger partial charge < -0.3 is 0 Å². The molecule has 136 valence electrons. The first-order valence-corrected chi connectivity index (χ1v) is 10.5. The molecule has 6 nitrogen and oxygen atoms in total. The van der Waals surface area contributed by atoms with Crippen LogP contribution in [0.2, 0.25) is 0 Å². The van der Waals surface area contributed by atoms with Crippen LogP contribution in [0.4, 0.5) is 0 Å². The third-order valence-electron chi connectivity index (χ3n) is 5.03. The first-order valence-electron chi connectivity index (χ1n) is 8.72. The highest BCUT2D eigenvalue weighted by Crippen LogP contribution is 2.30. The maximum atomic E-state index is 11.9. The Morgan fingerprint density at radius 2 is 1.85 bits per heavy atom. The van der Waals surface area contributed by atoms with E-state index in [2.05, 4.69) is 41.3 Å². The van der Waals surface area contributed by atoms with Crippen LogP contribution in [0, 0.1) is 20.8 Å². The molecule has 1 unspecified atom stereocenters. The summed E-state index contributed by atoms with van der Waals surface area (Å²) in [6.45, 7) is 6.02. The molecule has 26 heavy (non-hydrogen) atoms. The van der Waals surface area contributed by atoms with Gasteiger partial charge in [-0.25, -0.2) is 13.4 Å². The van der Waals surface area contributed by atoms with Crippen LogP contribution < -0.4 is 0 Å². The van der Waals surface area contributed by atoms with E-state index in [4.69, 9.17) is 0 Å². The number of sulfone groups is 1. The smallest absolute Gasteiger partial charge is 0.152 e. The maximum absolute atomic E-state index is 11.9. The predicted molar refractivity (Wildman–Crippen MR) is 101 cm³/mol. The highest BCUT2D eigenvalue weighted by molar-refractivity contribution is 7.91. The zero-order valence-corrected chi connectivity index (χ0v) is 16.0. The zero-order chi connectivity index (χ0) is 18.5. The molecule has 1 aromatic carbocycles. The third-order valence-corrected chi connectivity index (χ3v) is 6.78. The molecule has 2 aromatic heterocycles. The number of aryl methyl sites for hydroxylation is 2. The van der Waals surface area contributed by atoms with E-state index in [-0.39, 0.29) is 17.5 Å². The average molecular weight is 370 g/mol. The number of hydrogen-bond acceptors (Lipinski definition) is 4. The lowest BCUT2D eigenvalue weighted by molar-refractivity contribution is 0.486. The fraction of sp³-hybridized carbons (Fsp3) is 0.368. The molecule has 1 saturated heterocycles. The fourth-order valence-electron chi connectivity index (χ4n) is 3.73. The molecule has 0 bridgehead atoms. The number of aromatic nitrogens is 4. The Kier molecular flexibility index (Phi) is 3.99. The highest BCUT2D eigenvalue weighted by Gasteiger charge is 2.32. The molecule has 1 fully saturated rings. The quantitative estimate of drug-likeness (QED) is 0.711. The van der Waals surface area contributed by atoms with Gasteiger partial charge in [0.05, 0.1) is 34.6 Å². The molecule has 0 radical (unpaired) electrons. The summed E-state index contributed by atoms with van der Waals surface area (Å²) in [6.07, 6.45) is 4.34. The van der Waals surface area contributed by atoms with Crippen molar-refractivity contribution in [2.45, 2.75) is 33.2 Å². The standard InChI is InChI=1S/C19H22N4O2S/c1-13-4-6-16(7-5-13)19-20-9-10-22(19)18-14(2)21-23(15(18)3)17-8-11-26(24,25)12-17/h4-7,9-10,17H,8,11-12H2,1-3H3. The summed E-state index contributed by atoms with van der Waals surface area (Å²) in [7, 11) is -2.95. The topological polar surface area (TPSA) is 69.8 Å². The second kappa shape index (κ2) is 6.09. The van der Waals surface area contributed by atoms with Crippen LogP contribution in [0.5, 0.6) is 0 Å². The SMILES string of the molecule is Cc1ccc(-c2nccn2-c2c(C)nn(C3CCS(=O)(=O)C3)c2C)cc1. The van der Waals surface area contributed by atoms with Gasteiger partial charge in [0.25, 0.3) is 0 Å². The Bertz CT molecular complexity index is 1060. The maximum Gasteiger partial charge on any atom is 0.152 e. The van der Waals surface area contributed by atoms with Crippen LogP contribution in [-0.4, -0.2) is 39.3 Å². The van der Waals surface area contributed by atoms with E-state index in [0.29, 0.717) is 6.42 Å². The third kappa shape index (κ3) is 2.86. The van der Waals surface area contributed by atoms with Crippen LogP contribution in [0.1, 0.15) is 29.4 Å². The van der Waals surface area contributed by atoms with Gasteiger partial charge in [-0.3, -0.25) is 9.25 Å². The van der Waals surface area contributed by atoms with E-state index in [0.717, 1.165) is 28.5 Å². The zero-order valence-electron chi connectivity index (χ0n) is 15.2. The predicted octanol–water partition coefficient (Wildman–Crippen LogP) is 3.02. The van der Waals surface area contributed by atoms with Gasteiger partial charge in [-0.1, -0.05) is 29.8 Å². The van der Waals surface area contributed by atoms with Gasteiger partial charge in [0.15, 0.2) is 9.84 Å². The Morgan fingerprint density at radius 1 is 1.12 bits per heavy atom. The van der Waals surface area contributed by atoms with Gasteiger partial charge in [-0.05, 0) is 27.2 Å². The lowest BCUT2D eigenvalue weighted by Crippen LogP contribution is -2.14. The molecule has 0 spiro atoms. The van der Waals surface area contributed by atoms with Gasteiger partial charge in [-0.2, -0.15) is 5.10 Å². The van der Waals surface area contributed by atoms with E-state index in [1.165, 1.54) is 5.56 Å². The van der Waals surface area contributed by atoms with E-state index in [9.17, 15) is 8.42 Å².